The topological polar surface area (TPSA) is 51.8 Å². The minimum Gasteiger partial charge on any atom is -0.437 e. The van der Waals surface area contributed by atoms with Crippen LogP contribution in [-0.2, 0) is 0 Å². The lowest BCUT2D eigenvalue weighted by Crippen LogP contribution is -1.91. The number of para-hydroxylation sites is 1. The standard InChI is InChI=1S/C27H19N3O/c1-16-14-29-25(13-24(16)20-6-3-5-18-15-28-12-11-19(18)20)23-8-4-7-21-22-10-9-17(2)30-27(22)31-26(21)23/h3-15H,1-2H3/i1D3,2D3. The molecule has 0 saturated heterocycles. The van der Waals surface area contributed by atoms with Crippen molar-refractivity contribution in [3.05, 3.63) is 90.5 Å². The number of aromatic nitrogens is 3. The fourth-order valence-electron chi connectivity index (χ4n) is 4.06. The van der Waals surface area contributed by atoms with Crippen LogP contribution in [0.4, 0.5) is 0 Å². The van der Waals surface area contributed by atoms with Gasteiger partial charge in [-0.1, -0.05) is 30.3 Å². The summed E-state index contributed by atoms with van der Waals surface area (Å²) in [6.07, 6.45) is 4.81. The van der Waals surface area contributed by atoms with E-state index in [1.54, 1.807) is 24.5 Å². The van der Waals surface area contributed by atoms with E-state index in [1.165, 1.54) is 12.3 Å². The van der Waals surface area contributed by atoms with Gasteiger partial charge >= 0.3 is 0 Å². The van der Waals surface area contributed by atoms with Crippen LogP contribution in [-0.4, -0.2) is 15.0 Å². The average molecular weight is 408 g/mol. The van der Waals surface area contributed by atoms with Gasteiger partial charge in [0.25, 0.3) is 0 Å². The van der Waals surface area contributed by atoms with E-state index in [9.17, 15) is 0 Å². The van der Waals surface area contributed by atoms with E-state index in [1.807, 2.05) is 42.5 Å². The molecular formula is C27H19N3O. The van der Waals surface area contributed by atoms with Crippen molar-refractivity contribution in [3.63, 3.8) is 0 Å². The molecule has 0 aliphatic heterocycles. The van der Waals surface area contributed by atoms with E-state index in [-0.39, 0.29) is 17.0 Å². The van der Waals surface area contributed by atoms with Crippen molar-refractivity contribution in [1.29, 1.82) is 0 Å². The molecule has 0 N–H and O–H groups in total. The second-order valence-corrected chi connectivity index (χ2v) is 7.35. The summed E-state index contributed by atoms with van der Waals surface area (Å²) in [6.45, 7) is -4.73. The molecule has 4 heterocycles. The molecule has 148 valence electrons. The first-order chi connectivity index (χ1) is 17.6. The highest BCUT2D eigenvalue weighted by atomic mass is 16.3. The minimum absolute atomic E-state index is 0.0477. The number of aryl methyl sites for hydroxylation is 2. The predicted molar refractivity (Wildman–Crippen MR) is 125 cm³/mol. The first-order valence-electron chi connectivity index (χ1n) is 12.8. The number of hydrogen-bond acceptors (Lipinski definition) is 4. The number of fused-ring (bicyclic) bond motifs is 4. The first-order valence-corrected chi connectivity index (χ1v) is 9.78. The Hall–Kier alpha value is -4.05. The Labute approximate surface area is 187 Å². The fraction of sp³-hybridized carbons (Fsp3) is 0.0741. The molecule has 0 atom stereocenters. The maximum atomic E-state index is 8.13. The molecule has 0 saturated carbocycles. The van der Waals surface area contributed by atoms with E-state index in [2.05, 4.69) is 15.0 Å². The van der Waals surface area contributed by atoms with Gasteiger partial charge in [-0.2, -0.15) is 0 Å². The van der Waals surface area contributed by atoms with Gasteiger partial charge in [-0.3, -0.25) is 9.97 Å². The number of rotatable bonds is 2. The van der Waals surface area contributed by atoms with Gasteiger partial charge in [-0.25, -0.2) is 4.98 Å². The molecule has 31 heavy (non-hydrogen) atoms. The van der Waals surface area contributed by atoms with Crippen molar-refractivity contribution in [2.45, 2.75) is 13.7 Å². The molecule has 6 aromatic rings. The third-order valence-corrected chi connectivity index (χ3v) is 5.52. The Bertz CT molecular complexity index is 1820. The zero-order valence-corrected chi connectivity index (χ0v) is 16.3. The molecule has 6 rings (SSSR count). The van der Waals surface area contributed by atoms with Crippen molar-refractivity contribution in [2.75, 3.05) is 0 Å². The van der Waals surface area contributed by atoms with Gasteiger partial charge < -0.3 is 4.42 Å². The molecule has 0 spiro atoms. The summed E-state index contributed by atoms with van der Waals surface area (Å²) in [7, 11) is 0. The van der Waals surface area contributed by atoms with Gasteiger partial charge in [0.15, 0.2) is 0 Å². The first kappa shape index (κ1) is 12.6. The van der Waals surface area contributed by atoms with Gasteiger partial charge in [0, 0.05) is 54.2 Å². The summed E-state index contributed by atoms with van der Waals surface area (Å²) >= 11 is 0. The molecule has 0 fully saturated rings. The minimum atomic E-state index is -2.38. The van der Waals surface area contributed by atoms with Crippen LogP contribution in [0.5, 0.6) is 0 Å². The molecule has 0 bridgehead atoms. The molecule has 2 aromatic carbocycles. The van der Waals surface area contributed by atoms with Gasteiger partial charge in [-0.05, 0) is 66.1 Å². The van der Waals surface area contributed by atoms with Crippen LogP contribution >= 0.6 is 0 Å². The van der Waals surface area contributed by atoms with E-state index < -0.39 is 13.7 Å². The zero-order valence-electron chi connectivity index (χ0n) is 22.3. The molecule has 4 aromatic heterocycles. The predicted octanol–water partition coefficient (Wildman–Crippen LogP) is 6.88. The van der Waals surface area contributed by atoms with Crippen molar-refractivity contribution >= 4 is 32.8 Å². The fourth-order valence-corrected chi connectivity index (χ4v) is 4.06. The number of pyridine rings is 3. The Morgan fingerprint density at radius 1 is 0.806 bits per heavy atom. The monoisotopic (exact) mass is 407 g/mol. The van der Waals surface area contributed by atoms with Crippen molar-refractivity contribution < 1.29 is 12.6 Å². The molecule has 4 heteroatoms. The van der Waals surface area contributed by atoms with Crippen LogP contribution in [0.1, 0.15) is 19.5 Å². The van der Waals surface area contributed by atoms with Crippen molar-refractivity contribution in [1.82, 2.24) is 15.0 Å². The highest BCUT2D eigenvalue weighted by Crippen LogP contribution is 2.37. The van der Waals surface area contributed by atoms with Crippen LogP contribution in [0.2, 0.25) is 0 Å². The van der Waals surface area contributed by atoms with E-state index in [4.69, 9.17) is 12.6 Å². The van der Waals surface area contributed by atoms with Crippen LogP contribution in [0.15, 0.2) is 83.7 Å². The van der Waals surface area contributed by atoms with Crippen LogP contribution < -0.4 is 0 Å². The summed E-state index contributed by atoms with van der Waals surface area (Å²) in [4.78, 5) is 12.9. The molecule has 0 unspecified atom stereocenters. The Balaban J connectivity index is 1.60. The van der Waals surface area contributed by atoms with E-state index in [0.717, 1.165) is 21.7 Å². The largest absolute Gasteiger partial charge is 0.437 e. The third kappa shape index (κ3) is 2.80. The highest BCUT2D eigenvalue weighted by molar-refractivity contribution is 6.08. The van der Waals surface area contributed by atoms with Gasteiger partial charge in [0.05, 0.1) is 5.69 Å². The average Bonchev–Trinajstić information content (AvgIpc) is 3.25. The zero-order chi connectivity index (χ0) is 25.9. The smallest absolute Gasteiger partial charge is 0.227 e. The lowest BCUT2D eigenvalue weighted by molar-refractivity contribution is 0.653. The number of furan rings is 1. The summed E-state index contributed by atoms with van der Waals surface area (Å²) in [5, 5.41) is 3.22. The van der Waals surface area contributed by atoms with Gasteiger partial charge in [0.2, 0.25) is 5.71 Å². The third-order valence-electron chi connectivity index (χ3n) is 5.52. The van der Waals surface area contributed by atoms with Crippen LogP contribution in [0.25, 0.3) is 55.2 Å². The lowest BCUT2D eigenvalue weighted by Gasteiger charge is -2.11. The molecule has 4 nitrogen and oxygen atoms in total. The second kappa shape index (κ2) is 6.74. The molecular weight excluding hydrogens is 382 g/mol. The summed E-state index contributed by atoms with van der Waals surface area (Å²) in [6, 6.07) is 18.1. The maximum Gasteiger partial charge on any atom is 0.227 e. The molecule has 0 amide bonds. The SMILES string of the molecule is [2H]C([2H])([2H])c1ccc2c(n1)oc1c(-c3cc(-c4cccc5cnccc45)c(C([2H])([2H])[2H])cn3)cccc12. The maximum absolute atomic E-state index is 8.13. The summed E-state index contributed by atoms with van der Waals surface area (Å²) < 4.78 is 53.4. The Morgan fingerprint density at radius 2 is 1.74 bits per heavy atom. The summed E-state index contributed by atoms with van der Waals surface area (Å²) in [5.74, 6) is 0. The highest BCUT2D eigenvalue weighted by Gasteiger charge is 2.16. The Morgan fingerprint density at radius 3 is 2.68 bits per heavy atom. The van der Waals surface area contributed by atoms with Gasteiger partial charge in [-0.15, -0.1) is 0 Å². The second-order valence-electron chi connectivity index (χ2n) is 7.35. The quantitative estimate of drug-likeness (QED) is 0.314. The lowest BCUT2D eigenvalue weighted by atomic mass is 9.95. The van der Waals surface area contributed by atoms with Crippen LogP contribution in [0.3, 0.4) is 0 Å². The van der Waals surface area contributed by atoms with Crippen LogP contribution in [0, 0.1) is 13.7 Å². The van der Waals surface area contributed by atoms with Gasteiger partial charge in [0.1, 0.15) is 5.58 Å². The molecule has 0 radical (unpaired) electrons. The number of hydrogen-bond donors (Lipinski definition) is 0. The number of benzene rings is 2. The Kier molecular flexibility index (Phi) is 2.74. The molecule has 0 aliphatic carbocycles. The van der Waals surface area contributed by atoms with E-state index >= 15 is 0 Å². The van der Waals surface area contributed by atoms with Crippen molar-refractivity contribution in [2.24, 2.45) is 0 Å². The number of nitrogens with zero attached hydrogens (tertiary/aromatic N) is 3. The molecule has 0 aliphatic rings. The van der Waals surface area contributed by atoms with E-state index in [0.29, 0.717) is 27.8 Å². The summed E-state index contributed by atoms with van der Waals surface area (Å²) in [5.41, 5.74) is 3.27. The van der Waals surface area contributed by atoms with Crippen molar-refractivity contribution in [3.8, 4) is 22.4 Å². The normalized spacial score (nSPS) is 15.2.